The largest absolute Gasteiger partial charge is 0.377 e. The maximum absolute atomic E-state index is 11.7. The lowest BCUT2D eigenvalue weighted by Crippen LogP contribution is -2.26. The van der Waals surface area contributed by atoms with Gasteiger partial charge in [-0.05, 0) is 18.4 Å². The summed E-state index contributed by atoms with van der Waals surface area (Å²) in [5.41, 5.74) is 1.23. The molecule has 0 spiro atoms. The molecule has 0 aliphatic carbocycles. The minimum Gasteiger partial charge on any atom is -0.377 e. The van der Waals surface area contributed by atoms with Gasteiger partial charge >= 0.3 is 0 Å². The average Bonchev–Trinajstić information content (AvgIpc) is 2.74. The van der Waals surface area contributed by atoms with Crippen LogP contribution in [0.2, 0.25) is 0 Å². The summed E-state index contributed by atoms with van der Waals surface area (Å²) in [6.45, 7) is 6.55. The second-order valence-electron chi connectivity index (χ2n) is 5.20. The Morgan fingerprint density at radius 3 is 2.47 bits per heavy atom. The smallest absolute Gasteiger partial charge is 0.135 e. The Morgan fingerprint density at radius 2 is 1.94 bits per heavy atom. The maximum Gasteiger partial charge on any atom is 0.135 e. The standard InChI is InChI=1S/C15H20O2/c1-10(2)15-14(12-7-5-4-6-8-12)13(9-17-15)11(3)16/h4-8,10,13-15H,9H2,1-3H3. The Labute approximate surface area is 103 Å². The molecule has 3 unspecified atom stereocenters. The maximum atomic E-state index is 11.7. The topological polar surface area (TPSA) is 26.3 Å². The molecule has 1 saturated heterocycles. The highest BCUT2D eigenvalue weighted by atomic mass is 16.5. The lowest BCUT2D eigenvalue weighted by atomic mass is 9.79. The number of Topliss-reactive ketones (excluding diaryl/α,β-unsaturated/α-hetero) is 1. The molecule has 1 aliphatic heterocycles. The van der Waals surface area contributed by atoms with Crippen LogP contribution in [0.4, 0.5) is 0 Å². The van der Waals surface area contributed by atoms with E-state index in [-0.39, 0.29) is 23.7 Å². The first kappa shape index (κ1) is 12.3. The lowest BCUT2D eigenvalue weighted by Gasteiger charge is -2.24. The predicted octanol–water partition coefficient (Wildman–Crippen LogP) is 3.03. The molecular formula is C15H20O2. The van der Waals surface area contributed by atoms with Gasteiger partial charge in [0.1, 0.15) is 5.78 Å². The molecule has 2 heteroatoms. The number of ether oxygens (including phenoxy) is 1. The third-order valence-electron chi connectivity index (χ3n) is 3.62. The number of rotatable bonds is 3. The second kappa shape index (κ2) is 5.01. The van der Waals surface area contributed by atoms with Crippen molar-refractivity contribution in [3.63, 3.8) is 0 Å². The zero-order chi connectivity index (χ0) is 12.4. The SMILES string of the molecule is CC(=O)C1COC(C(C)C)C1c1ccccc1. The quantitative estimate of drug-likeness (QED) is 0.800. The van der Waals surface area contributed by atoms with Crippen molar-refractivity contribution in [2.75, 3.05) is 6.61 Å². The third kappa shape index (κ3) is 2.42. The molecule has 1 fully saturated rings. The molecule has 0 saturated carbocycles. The molecule has 0 N–H and O–H groups in total. The summed E-state index contributed by atoms with van der Waals surface area (Å²) in [6, 6.07) is 10.3. The number of hydrogen-bond acceptors (Lipinski definition) is 2. The van der Waals surface area contributed by atoms with Gasteiger partial charge in [-0.25, -0.2) is 0 Å². The van der Waals surface area contributed by atoms with Crippen LogP contribution >= 0.6 is 0 Å². The van der Waals surface area contributed by atoms with E-state index in [1.807, 2.05) is 18.2 Å². The summed E-state index contributed by atoms with van der Waals surface area (Å²) < 4.78 is 5.83. The second-order valence-corrected chi connectivity index (χ2v) is 5.20. The normalized spacial score (nSPS) is 28.6. The molecule has 1 heterocycles. The summed E-state index contributed by atoms with van der Waals surface area (Å²) in [6.07, 6.45) is 0.159. The summed E-state index contributed by atoms with van der Waals surface area (Å²) in [7, 11) is 0. The predicted molar refractivity (Wildman–Crippen MR) is 67.9 cm³/mol. The minimum atomic E-state index is 0.0183. The van der Waals surface area contributed by atoms with E-state index in [4.69, 9.17) is 4.74 Å². The molecule has 3 atom stereocenters. The Balaban J connectivity index is 2.33. The molecule has 17 heavy (non-hydrogen) atoms. The van der Waals surface area contributed by atoms with Crippen LogP contribution in [0.5, 0.6) is 0 Å². The van der Waals surface area contributed by atoms with Crippen molar-refractivity contribution >= 4 is 5.78 Å². The molecule has 0 radical (unpaired) electrons. The number of ketones is 1. The molecule has 1 aromatic carbocycles. The van der Waals surface area contributed by atoms with Crippen molar-refractivity contribution in [2.24, 2.45) is 11.8 Å². The van der Waals surface area contributed by atoms with Crippen molar-refractivity contribution in [3.05, 3.63) is 35.9 Å². The van der Waals surface area contributed by atoms with Crippen LogP contribution in [0.25, 0.3) is 0 Å². The van der Waals surface area contributed by atoms with Gasteiger partial charge in [-0.15, -0.1) is 0 Å². The van der Waals surface area contributed by atoms with E-state index in [0.29, 0.717) is 12.5 Å². The van der Waals surface area contributed by atoms with E-state index < -0.39 is 0 Å². The fourth-order valence-electron chi connectivity index (χ4n) is 2.73. The van der Waals surface area contributed by atoms with Gasteiger partial charge in [0.2, 0.25) is 0 Å². The number of carbonyl (C=O) groups excluding carboxylic acids is 1. The summed E-state index contributed by atoms with van der Waals surface area (Å²) >= 11 is 0. The first-order chi connectivity index (χ1) is 8.11. The average molecular weight is 232 g/mol. The fourth-order valence-corrected chi connectivity index (χ4v) is 2.73. The Kier molecular flexibility index (Phi) is 3.63. The Morgan fingerprint density at radius 1 is 1.29 bits per heavy atom. The van der Waals surface area contributed by atoms with Crippen LogP contribution in [0.1, 0.15) is 32.3 Å². The van der Waals surface area contributed by atoms with Crippen molar-refractivity contribution in [2.45, 2.75) is 32.8 Å². The third-order valence-corrected chi connectivity index (χ3v) is 3.62. The Hall–Kier alpha value is -1.15. The van der Waals surface area contributed by atoms with E-state index in [0.717, 1.165) is 0 Å². The van der Waals surface area contributed by atoms with Crippen molar-refractivity contribution in [1.29, 1.82) is 0 Å². The van der Waals surface area contributed by atoms with Gasteiger partial charge in [-0.3, -0.25) is 4.79 Å². The van der Waals surface area contributed by atoms with Gasteiger partial charge in [-0.2, -0.15) is 0 Å². The van der Waals surface area contributed by atoms with Crippen molar-refractivity contribution in [1.82, 2.24) is 0 Å². The number of hydrogen-bond donors (Lipinski definition) is 0. The van der Waals surface area contributed by atoms with E-state index in [2.05, 4.69) is 26.0 Å². The van der Waals surface area contributed by atoms with Gasteiger partial charge in [0, 0.05) is 5.92 Å². The van der Waals surface area contributed by atoms with Crippen LogP contribution in [0.15, 0.2) is 30.3 Å². The fraction of sp³-hybridized carbons (Fsp3) is 0.533. The van der Waals surface area contributed by atoms with E-state index in [1.54, 1.807) is 6.92 Å². The van der Waals surface area contributed by atoms with Gasteiger partial charge in [0.15, 0.2) is 0 Å². The minimum absolute atomic E-state index is 0.0183. The van der Waals surface area contributed by atoms with E-state index in [1.165, 1.54) is 5.56 Å². The van der Waals surface area contributed by atoms with Crippen LogP contribution in [0, 0.1) is 11.8 Å². The van der Waals surface area contributed by atoms with Crippen LogP contribution in [-0.2, 0) is 9.53 Å². The molecule has 1 aromatic rings. The lowest BCUT2D eigenvalue weighted by molar-refractivity contribution is -0.121. The summed E-state index contributed by atoms with van der Waals surface area (Å²) in [5.74, 6) is 0.907. The highest BCUT2D eigenvalue weighted by Crippen LogP contribution is 2.39. The van der Waals surface area contributed by atoms with E-state index >= 15 is 0 Å². The van der Waals surface area contributed by atoms with Gasteiger partial charge in [-0.1, -0.05) is 44.2 Å². The Bertz CT molecular complexity index is 383. The summed E-state index contributed by atoms with van der Waals surface area (Å²) in [5, 5.41) is 0. The van der Waals surface area contributed by atoms with Crippen molar-refractivity contribution < 1.29 is 9.53 Å². The van der Waals surface area contributed by atoms with E-state index in [9.17, 15) is 4.79 Å². The molecule has 2 nitrogen and oxygen atoms in total. The molecule has 0 bridgehead atoms. The zero-order valence-corrected chi connectivity index (χ0v) is 10.7. The first-order valence-electron chi connectivity index (χ1n) is 6.28. The molecular weight excluding hydrogens is 212 g/mol. The molecule has 2 rings (SSSR count). The first-order valence-corrected chi connectivity index (χ1v) is 6.28. The highest BCUT2D eigenvalue weighted by molar-refractivity contribution is 5.80. The van der Waals surface area contributed by atoms with Crippen LogP contribution < -0.4 is 0 Å². The molecule has 0 amide bonds. The number of benzene rings is 1. The van der Waals surface area contributed by atoms with Gasteiger partial charge in [0.05, 0.1) is 18.6 Å². The summed E-state index contributed by atoms with van der Waals surface area (Å²) in [4.78, 5) is 11.7. The molecule has 0 aromatic heterocycles. The number of carbonyl (C=O) groups is 1. The van der Waals surface area contributed by atoms with Crippen LogP contribution in [0.3, 0.4) is 0 Å². The van der Waals surface area contributed by atoms with Crippen molar-refractivity contribution in [3.8, 4) is 0 Å². The van der Waals surface area contributed by atoms with Gasteiger partial charge < -0.3 is 4.74 Å². The van der Waals surface area contributed by atoms with Crippen LogP contribution in [-0.4, -0.2) is 18.5 Å². The molecule has 1 aliphatic rings. The zero-order valence-electron chi connectivity index (χ0n) is 10.7. The van der Waals surface area contributed by atoms with Gasteiger partial charge in [0.25, 0.3) is 0 Å². The monoisotopic (exact) mass is 232 g/mol. The molecule has 92 valence electrons. The highest BCUT2D eigenvalue weighted by Gasteiger charge is 2.41.